The lowest BCUT2D eigenvalue weighted by Crippen LogP contribution is -2.50. The predicted octanol–water partition coefficient (Wildman–Crippen LogP) is 4.44. The highest BCUT2D eigenvalue weighted by molar-refractivity contribution is 5.74. The third-order valence-electron chi connectivity index (χ3n) is 5.67. The van der Waals surface area contributed by atoms with Crippen LogP contribution in [0.4, 0.5) is 0 Å². The highest BCUT2D eigenvalue weighted by Crippen LogP contribution is 2.62. The Labute approximate surface area is 126 Å². The molecule has 0 radical (unpaired) electrons. The molecule has 21 heavy (non-hydrogen) atoms. The molecule has 3 nitrogen and oxygen atoms in total. The summed E-state index contributed by atoms with van der Waals surface area (Å²) in [6.45, 7) is 8.45. The minimum Gasteiger partial charge on any atom is -0.472 e. The molecule has 114 valence electrons. The van der Waals surface area contributed by atoms with E-state index < -0.39 is 0 Å². The standard InChI is InChI=1S/C18H24O3/c1-12(19)21-16-7-9-17(2,3)15-6-5-14(18(15,16)4)13-8-10-20-11-13/h5,8,10-11,15-16H,6-7,9H2,1-4H3/t15-,16+,18-/m0/s1. The zero-order chi connectivity index (χ0) is 15.3. The van der Waals surface area contributed by atoms with Gasteiger partial charge in [-0.1, -0.05) is 26.8 Å². The number of furan rings is 1. The Morgan fingerprint density at radius 2 is 2.14 bits per heavy atom. The van der Waals surface area contributed by atoms with Gasteiger partial charge in [0.2, 0.25) is 0 Å². The average molecular weight is 288 g/mol. The molecule has 2 aliphatic carbocycles. The van der Waals surface area contributed by atoms with E-state index in [0.29, 0.717) is 5.92 Å². The van der Waals surface area contributed by atoms with Crippen molar-refractivity contribution in [1.82, 2.24) is 0 Å². The summed E-state index contributed by atoms with van der Waals surface area (Å²) in [5.74, 6) is 0.311. The van der Waals surface area contributed by atoms with Crippen molar-refractivity contribution in [2.45, 2.75) is 53.1 Å². The van der Waals surface area contributed by atoms with Gasteiger partial charge >= 0.3 is 5.97 Å². The molecule has 0 aromatic carbocycles. The summed E-state index contributed by atoms with van der Waals surface area (Å²) in [6.07, 6.45) is 8.85. The minimum atomic E-state index is -0.182. The van der Waals surface area contributed by atoms with Gasteiger partial charge in [-0.15, -0.1) is 0 Å². The number of rotatable bonds is 2. The lowest BCUT2D eigenvalue weighted by atomic mass is 9.54. The summed E-state index contributed by atoms with van der Waals surface area (Å²) in [5.41, 5.74) is 2.53. The Morgan fingerprint density at radius 3 is 2.76 bits per heavy atom. The molecule has 0 unspecified atom stereocenters. The molecule has 2 aliphatic rings. The number of carbonyl (C=O) groups excluding carboxylic acids is 1. The molecule has 1 fully saturated rings. The van der Waals surface area contributed by atoms with E-state index in [1.54, 1.807) is 12.5 Å². The van der Waals surface area contributed by atoms with Crippen LogP contribution in [0.1, 0.15) is 52.5 Å². The predicted molar refractivity (Wildman–Crippen MR) is 81.5 cm³/mol. The van der Waals surface area contributed by atoms with Gasteiger partial charge in [-0.25, -0.2) is 0 Å². The lowest BCUT2D eigenvalue weighted by Gasteiger charge is -2.52. The molecular formula is C18H24O3. The fourth-order valence-electron chi connectivity index (χ4n) is 4.62. The zero-order valence-corrected chi connectivity index (χ0v) is 13.3. The summed E-state index contributed by atoms with van der Waals surface area (Å²) in [7, 11) is 0. The van der Waals surface area contributed by atoms with Crippen molar-refractivity contribution < 1.29 is 13.9 Å². The van der Waals surface area contributed by atoms with Crippen LogP contribution in [0.15, 0.2) is 29.1 Å². The van der Waals surface area contributed by atoms with Gasteiger partial charge in [0.05, 0.1) is 12.5 Å². The maximum Gasteiger partial charge on any atom is 0.302 e. The molecule has 1 heterocycles. The Hall–Kier alpha value is -1.51. The molecule has 3 atom stereocenters. The summed E-state index contributed by atoms with van der Waals surface area (Å²) in [6, 6.07) is 2.01. The van der Waals surface area contributed by atoms with Crippen molar-refractivity contribution in [2.24, 2.45) is 16.7 Å². The van der Waals surface area contributed by atoms with Gasteiger partial charge in [-0.3, -0.25) is 4.79 Å². The molecule has 1 aromatic rings. The molecule has 3 heteroatoms. The fraction of sp³-hybridized carbons (Fsp3) is 0.611. The van der Waals surface area contributed by atoms with Crippen LogP contribution >= 0.6 is 0 Å². The van der Waals surface area contributed by atoms with E-state index in [9.17, 15) is 4.79 Å². The Balaban J connectivity index is 2.03. The average Bonchev–Trinajstić information content (AvgIpc) is 3.00. The zero-order valence-electron chi connectivity index (χ0n) is 13.3. The van der Waals surface area contributed by atoms with Crippen LogP contribution in [0.3, 0.4) is 0 Å². The largest absolute Gasteiger partial charge is 0.472 e. The van der Waals surface area contributed by atoms with Crippen molar-refractivity contribution in [3.05, 3.63) is 30.2 Å². The van der Waals surface area contributed by atoms with Crippen LogP contribution in [0.2, 0.25) is 0 Å². The van der Waals surface area contributed by atoms with Gasteiger partial charge in [0.15, 0.2) is 0 Å². The van der Waals surface area contributed by atoms with E-state index in [1.807, 2.05) is 6.07 Å². The van der Waals surface area contributed by atoms with Crippen molar-refractivity contribution in [3.63, 3.8) is 0 Å². The molecular weight excluding hydrogens is 264 g/mol. The summed E-state index contributed by atoms with van der Waals surface area (Å²) in [5, 5.41) is 0. The molecule has 0 N–H and O–H groups in total. The first-order valence-electron chi connectivity index (χ1n) is 7.76. The first-order chi connectivity index (χ1) is 9.85. The van der Waals surface area contributed by atoms with E-state index in [0.717, 1.165) is 24.8 Å². The van der Waals surface area contributed by atoms with Gasteiger partial charge < -0.3 is 9.15 Å². The quantitative estimate of drug-likeness (QED) is 0.755. The van der Waals surface area contributed by atoms with E-state index in [1.165, 1.54) is 12.5 Å². The number of hydrogen-bond acceptors (Lipinski definition) is 3. The number of ether oxygens (including phenoxy) is 1. The normalized spacial score (nSPS) is 34.2. The van der Waals surface area contributed by atoms with E-state index in [-0.39, 0.29) is 22.9 Å². The monoisotopic (exact) mass is 288 g/mol. The smallest absolute Gasteiger partial charge is 0.302 e. The first-order valence-corrected chi connectivity index (χ1v) is 7.76. The lowest BCUT2D eigenvalue weighted by molar-refractivity contribution is -0.160. The van der Waals surface area contributed by atoms with Crippen LogP contribution in [-0.4, -0.2) is 12.1 Å². The Bertz CT molecular complexity index is 567. The van der Waals surface area contributed by atoms with Gasteiger partial charge in [0, 0.05) is 17.9 Å². The number of fused-ring (bicyclic) bond motifs is 1. The molecule has 3 rings (SSSR count). The molecule has 0 saturated heterocycles. The molecule has 0 spiro atoms. The van der Waals surface area contributed by atoms with E-state index in [2.05, 4.69) is 26.8 Å². The second-order valence-electron chi connectivity index (χ2n) is 7.33. The topological polar surface area (TPSA) is 39.4 Å². The third kappa shape index (κ3) is 2.14. The van der Waals surface area contributed by atoms with Crippen LogP contribution < -0.4 is 0 Å². The highest BCUT2D eigenvalue weighted by Gasteiger charge is 2.57. The van der Waals surface area contributed by atoms with Gasteiger partial charge in [0.25, 0.3) is 0 Å². The van der Waals surface area contributed by atoms with Gasteiger partial charge in [0.1, 0.15) is 6.10 Å². The summed E-state index contributed by atoms with van der Waals surface area (Å²) < 4.78 is 11.0. The molecule has 1 saturated carbocycles. The number of esters is 1. The Morgan fingerprint density at radius 1 is 1.38 bits per heavy atom. The second kappa shape index (κ2) is 4.75. The highest BCUT2D eigenvalue weighted by atomic mass is 16.5. The van der Waals surface area contributed by atoms with Crippen LogP contribution in [-0.2, 0) is 9.53 Å². The number of carbonyl (C=O) groups is 1. The second-order valence-corrected chi connectivity index (χ2v) is 7.33. The summed E-state index contributed by atoms with van der Waals surface area (Å²) >= 11 is 0. The fourth-order valence-corrected chi connectivity index (χ4v) is 4.62. The van der Waals surface area contributed by atoms with Crippen LogP contribution in [0.5, 0.6) is 0 Å². The molecule has 0 aliphatic heterocycles. The third-order valence-corrected chi connectivity index (χ3v) is 5.67. The maximum atomic E-state index is 11.5. The van der Waals surface area contributed by atoms with Crippen molar-refractivity contribution in [1.29, 1.82) is 0 Å². The van der Waals surface area contributed by atoms with Gasteiger partial charge in [-0.2, -0.15) is 0 Å². The summed E-state index contributed by atoms with van der Waals surface area (Å²) in [4.78, 5) is 11.5. The minimum absolute atomic E-state index is 0.0447. The van der Waals surface area contributed by atoms with E-state index in [4.69, 9.17) is 9.15 Å². The van der Waals surface area contributed by atoms with Crippen molar-refractivity contribution >= 4 is 11.5 Å². The van der Waals surface area contributed by atoms with Crippen LogP contribution in [0.25, 0.3) is 5.57 Å². The van der Waals surface area contributed by atoms with Crippen molar-refractivity contribution in [2.75, 3.05) is 0 Å². The Kier molecular flexibility index (Phi) is 3.27. The van der Waals surface area contributed by atoms with Gasteiger partial charge in [-0.05, 0) is 42.2 Å². The molecule has 0 amide bonds. The molecule has 1 aromatic heterocycles. The van der Waals surface area contributed by atoms with Crippen molar-refractivity contribution in [3.8, 4) is 0 Å². The maximum absolute atomic E-state index is 11.5. The van der Waals surface area contributed by atoms with E-state index >= 15 is 0 Å². The first kappa shape index (κ1) is 14.4. The number of hydrogen-bond donors (Lipinski definition) is 0. The van der Waals surface area contributed by atoms with Crippen LogP contribution in [0, 0.1) is 16.7 Å². The molecule has 0 bridgehead atoms. The SMILES string of the molecule is CC(=O)O[C@@H]1CCC(C)(C)[C@@H]2CC=C(c3ccoc3)[C@]12C. The number of allylic oxidation sites excluding steroid dienone is 1.